The lowest BCUT2D eigenvalue weighted by Gasteiger charge is -2.15. The lowest BCUT2D eigenvalue weighted by molar-refractivity contribution is 0.282. The van der Waals surface area contributed by atoms with E-state index < -0.39 is 0 Å². The molecule has 0 fully saturated rings. The number of fused-ring (bicyclic) bond motifs is 1. The minimum Gasteiger partial charge on any atom is -0.493 e. The Hall–Kier alpha value is -2.49. The maximum atomic E-state index is 13.3. The van der Waals surface area contributed by atoms with Crippen molar-refractivity contribution in [1.82, 2.24) is 9.66 Å². The molecule has 0 spiro atoms. The first-order valence-electron chi connectivity index (χ1n) is 11.3. The van der Waals surface area contributed by atoms with Crippen molar-refractivity contribution in [2.24, 2.45) is 5.10 Å². The summed E-state index contributed by atoms with van der Waals surface area (Å²) in [7, 11) is 1.59. The van der Waals surface area contributed by atoms with E-state index in [1.807, 2.05) is 44.2 Å². The summed E-state index contributed by atoms with van der Waals surface area (Å²) in [4.78, 5) is 18.0. The van der Waals surface area contributed by atoms with Crippen molar-refractivity contribution in [3.05, 3.63) is 94.8 Å². The van der Waals surface area contributed by atoms with Gasteiger partial charge in [-0.3, -0.25) is 4.79 Å². The Morgan fingerprint density at radius 1 is 1.06 bits per heavy atom. The van der Waals surface area contributed by atoms with Crippen LogP contribution in [0.5, 0.6) is 11.5 Å². The van der Waals surface area contributed by atoms with Gasteiger partial charge in [0.05, 0.1) is 28.7 Å². The van der Waals surface area contributed by atoms with Crippen molar-refractivity contribution in [1.29, 1.82) is 0 Å². The predicted molar refractivity (Wildman–Crippen MR) is 155 cm³/mol. The van der Waals surface area contributed by atoms with Crippen molar-refractivity contribution >= 4 is 64.9 Å². The number of ether oxygens (including phenoxy) is 2. The van der Waals surface area contributed by atoms with Crippen LogP contribution in [0.1, 0.15) is 35.9 Å². The van der Waals surface area contributed by atoms with Crippen LogP contribution in [0, 0.1) is 6.92 Å². The molecular formula is C27H24Br3N3O3. The third kappa shape index (κ3) is 5.74. The highest BCUT2D eigenvalue weighted by Gasteiger charge is 2.17. The number of halogens is 3. The van der Waals surface area contributed by atoms with Gasteiger partial charge in [0.25, 0.3) is 5.56 Å². The average molecular weight is 678 g/mol. The number of methoxy groups -OCH3 is 1. The van der Waals surface area contributed by atoms with Crippen LogP contribution in [-0.4, -0.2) is 23.0 Å². The highest BCUT2D eigenvalue weighted by atomic mass is 79.9. The largest absolute Gasteiger partial charge is 0.493 e. The fourth-order valence-electron chi connectivity index (χ4n) is 3.64. The van der Waals surface area contributed by atoms with Gasteiger partial charge in [0.1, 0.15) is 12.4 Å². The normalized spacial score (nSPS) is 11.4. The Bertz CT molecular complexity index is 1500. The molecule has 6 nitrogen and oxygen atoms in total. The first-order valence-corrected chi connectivity index (χ1v) is 13.7. The summed E-state index contributed by atoms with van der Waals surface area (Å²) in [6, 6.07) is 15.5. The van der Waals surface area contributed by atoms with E-state index >= 15 is 0 Å². The quantitative estimate of drug-likeness (QED) is 0.182. The zero-order valence-electron chi connectivity index (χ0n) is 20.0. The van der Waals surface area contributed by atoms with Gasteiger partial charge in [-0.05, 0) is 75.0 Å². The summed E-state index contributed by atoms with van der Waals surface area (Å²) in [5, 5.41) is 5.04. The molecule has 0 atom stereocenters. The Labute approximate surface area is 234 Å². The van der Waals surface area contributed by atoms with E-state index in [9.17, 15) is 4.79 Å². The number of nitrogens with zero attached hydrogens (tertiary/aromatic N) is 3. The van der Waals surface area contributed by atoms with Gasteiger partial charge in [-0.15, -0.1) is 0 Å². The van der Waals surface area contributed by atoms with Crippen molar-refractivity contribution in [2.45, 2.75) is 33.3 Å². The zero-order valence-corrected chi connectivity index (χ0v) is 24.8. The van der Waals surface area contributed by atoms with Crippen LogP contribution in [0.2, 0.25) is 0 Å². The van der Waals surface area contributed by atoms with E-state index in [1.54, 1.807) is 19.4 Å². The van der Waals surface area contributed by atoms with Crippen LogP contribution in [0.25, 0.3) is 10.9 Å². The number of hydrogen-bond donors (Lipinski definition) is 0. The van der Waals surface area contributed by atoms with Crippen molar-refractivity contribution in [3.63, 3.8) is 0 Å². The molecule has 9 heteroatoms. The van der Waals surface area contributed by atoms with Gasteiger partial charge in [-0.25, -0.2) is 4.98 Å². The second-order valence-corrected chi connectivity index (χ2v) is 10.7. The number of aryl methyl sites for hydroxylation is 2. The van der Waals surface area contributed by atoms with E-state index in [2.05, 4.69) is 70.0 Å². The molecule has 0 unspecified atom stereocenters. The number of hydrogen-bond acceptors (Lipinski definition) is 5. The van der Waals surface area contributed by atoms with Gasteiger partial charge in [0.2, 0.25) is 0 Å². The van der Waals surface area contributed by atoms with Crippen LogP contribution in [0.4, 0.5) is 0 Å². The number of aromatic nitrogens is 2. The third-order valence-corrected chi connectivity index (χ3v) is 8.18. The molecule has 4 rings (SSSR count). The molecule has 0 aliphatic heterocycles. The standard InChI is InChI=1S/C27H24Br3N3O3/c1-4-5-23-32-21-11-10-19(28)13-20(21)27(34)33(23)31-14-18-12-22(35-3)26(25(30)24(18)29)36-15-17-8-6-16(2)7-9-17/h6-14H,4-5,15H2,1-3H3. The fourth-order valence-corrected chi connectivity index (χ4v) is 4.94. The zero-order chi connectivity index (χ0) is 25.8. The summed E-state index contributed by atoms with van der Waals surface area (Å²) >= 11 is 10.7. The molecule has 0 bridgehead atoms. The maximum Gasteiger partial charge on any atom is 0.282 e. The van der Waals surface area contributed by atoms with Crippen LogP contribution in [0.15, 0.2) is 71.8 Å². The van der Waals surface area contributed by atoms with Crippen molar-refractivity contribution < 1.29 is 9.47 Å². The monoisotopic (exact) mass is 675 g/mol. The van der Waals surface area contributed by atoms with Crippen LogP contribution in [0.3, 0.4) is 0 Å². The molecular weight excluding hydrogens is 654 g/mol. The van der Waals surface area contributed by atoms with Crippen LogP contribution >= 0.6 is 47.8 Å². The van der Waals surface area contributed by atoms with E-state index in [4.69, 9.17) is 9.47 Å². The molecule has 36 heavy (non-hydrogen) atoms. The summed E-state index contributed by atoms with van der Waals surface area (Å²) in [6.07, 6.45) is 3.08. The van der Waals surface area contributed by atoms with Gasteiger partial charge >= 0.3 is 0 Å². The van der Waals surface area contributed by atoms with Crippen LogP contribution in [-0.2, 0) is 13.0 Å². The molecule has 1 aromatic heterocycles. The molecule has 3 aromatic carbocycles. The molecule has 0 saturated carbocycles. The Morgan fingerprint density at radius 3 is 2.50 bits per heavy atom. The SMILES string of the molecule is CCCc1nc2ccc(Br)cc2c(=O)n1N=Cc1cc(OC)c(OCc2ccc(C)cc2)c(Br)c1Br. The van der Waals surface area contributed by atoms with Crippen molar-refractivity contribution in [2.75, 3.05) is 7.11 Å². The number of rotatable bonds is 8. The summed E-state index contributed by atoms with van der Waals surface area (Å²) in [5.74, 6) is 1.72. The van der Waals surface area contributed by atoms with E-state index in [-0.39, 0.29) is 5.56 Å². The van der Waals surface area contributed by atoms with Gasteiger partial charge in [-0.1, -0.05) is 52.7 Å². The molecule has 0 N–H and O–H groups in total. The van der Waals surface area contributed by atoms with Gasteiger partial charge in [0, 0.05) is 20.9 Å². The molecule has 0 radical (unpaired) electrons. The topological polar surface area (TPSA) is 65.7 Å². The summed E-state index contributed by atoms with van der Waals surface area (Å²) in [5.41, 5.74) is 3.39. The molecule has 186 valence electrons. The van der Waals surface area contributed by atoms with Crippen LogP contribution < -0.4 is 15.0 Å². The molecule has 0 saturated heterocycles. The molecule has 0 aliphatic carbocycles. The van der Waals surface area contributed by atoms with E-state index in [1.165, 1.54) is 10.2 Å². The second kappa shape index (κ2) is 11.7. The minimum atomic E-state index is -0.221. The molecule has 1 heterocycles. The lowest BCUT2D eigenvalue weighted by atomic mass is 10.1. The van der Waals surface area contributed by atoms with Gasteiger partial charge in [0.15, 0.2) is 11.5 Å². The second-order valence-electron chi connectivity index (χ2n) is 8.20. The number of benzene rings is 3. The summed E-state index contributed by atoms with van der Waals surface area (Å²) < 4.78 is 15.3. The Balaban J connectivity index is 1.71. The van der Waals surface area contributed by atoms with E-state index in [0.717, 1.165) is 20.9 Å². The first-order chi connectivity index (χ1) is 17.3. The third-order valence-electron chi connectivity index (χ3n) is 5.54. The highest BCUT2D eigenvalue weighted by Crippen LogP contribution is 2.42. The highest BCUT2D eigenvalue weighted by molar-refractivity contribution is 9.13. The minimum absolute atomic E-state index is 0.221. The average Bonchev–Trinajstić information content (AvgIpc) is 2.87. The van der Waals surface area contributed by atoms with E-state index in [0.29, 0.717) is 51.3 Å². The predicted octanol–water partition coefficient (Wildman–Crippen LogP) is 7.41. The Kier molecular flexibility index (Phi) is 8.64. The lowest BCUT2D eigenvalue weighted by Crippen LogP contribution is -2.22. The molecule has 0 aliphatic rings. The smallest absolute Gasteiger partial charge is 0.282 e. The fraction of sp³-hybridized carbons (Fsp3) is 0.222. The maximum absolute atomic E-state index is 13.3. The first kappa shape index (κ1) is 26.6. The van der Waals surface area contributed by atoms with Gasteiger partial charge in [-0.2, -0.15) is 9.78 Å². The van der Waals surface area contributed by atoms with Gasteiger partial charge < -0.3 is 9.47 Å². The van der Waals surface area contributed by atoms with Crippen molar-refractivity contribution in [3.8, 4) is 11.5 Å². The molecule has 4 aromatic rings. The summed E-state index contributed by atoms with van der Waals surface area (Å²) in [6.45, 7) is 4.48. The Morgan fingerprint density at radius 2 is 1.81 bits per heavy atom. The molecule has 0 amide bonds.